The maximum absolute atomic E-state index is 6.78. The molecule has 0 atom stereocenters. The van der Waals surface area contributed by atoms with Crippen LogP contribution in [0, 0.1) is 0 Å². The van der Waals surface area contributed by atoms with Crippen LogP contribution in [0.15, 0.2) is 170 Å². The van der Waals surface area contributed by atoms with Crippen LogP contribution >= 0.6 is 0 Å². The van der Waals surface area contributed by atoms with E-state index in [0.29, 0.717) is 0 Å². The number of nitrogens with zero attached hydrogens (tertiary/aromatic N) is 1. The van der Waals surface area contributed by atoms with E-state index >= 15 is 0 Å². The van der Waals surface area contributed by atoms with E-state index in [1.165, 1.54) is 33.0 Å². The Morgan fingerprint density at radius 3 is 1.61 bits per heavy atom. The van der Waals surface area contributed by atoms with E-state index in [1.54, 1.807) is 0 Å². The van der Waals surface area contributed by atoms with Gasteiger partial charge in [0.25, 0.3) is 6.71 Å². The molecule has 0 saturated carbocycles. The highest BCUT2D eigenvalue weighted by Gasteiger charge is 2.51. The molecule has 0 N–H and O–H groups in total. The molecule has 0 bridgehead atoms. The molecule has 0 radical (unpaired) electrons. The highest BCUT2D eigenvalue weighted by molar-refractivity contribution is 6.98. The van der Waals surface area contributed by atoms with Crippen molar-refractivity contribution in [2.45, 2.75) is 5.41 Å². The Balaban J connectivity index is 1.13. The molecule has 0 fully saturated rings. The number of para-hydroxylation sites is 5. The van der Waals surface area contributed by atoms with Gasteiger partial charge in [0.2, 0.25) is 0 Å². The second-order valence-electron chi connectivity index (χ2n) is 14.7. The molecule has 250 valence electrons. The molecule has 54 heavy (non-hydrogen) atoms. The van der Waals surface area contributed by atoms with Crippen molar-refractivity contribution in [1.82, 2.24) is 4.57 Å². The minimum atomic E-state index is -0.568. The molecule has 1 aromatic heterocycles. The Bertz CT molecular complexity index is 3010. The van der Waals surface area contributed by atoms with Gasteiger partial charge in [-0.05, 0) is 75.6 Å². The Kier molecular flexibility index (Phi) is 5.36. The Morgan fingerprint density at radius 2 is 0.926 bits per heavy atom. The van der Waals surface area contributed by atoms with Crippen molar-refractivity contribution in [3.8, 4) is 51.3 Å². The summed E-state index contributed by atoms with van der Waals surface area (Å²) in [6.45, 7) is 0.0207. The van der Waals surface area contributed by atoms with Crippen molar-refractivity contribution in [2.24, 2.45) is 0 Å². The van der Waals surface area contributed by atoms with Gasteiger partial charge in [0, 0.05) is 39.5 Å². The van der Waals surface area contributed by atoms with Gasteiger partial charge in [-0.3, -0.25) is 0 Å². The van der Waals surface area contributed by atoms with Gasteiger partial charge in [0.1, 0.15) is 34.5 Å². The summed E-state index contributed by atoms with van der Waals surface area (Å²) in [4.78, 5) is 0. The highest BCUT2D eigenvalue weighted by Crippen LogP contribution is 2.62. The van der Waals surface area contributed by atoms with Crippen LogP contribution in [-0.4, -0.2) is 11.3 Å². The van der Waals surface area contributed by atoms with E-state index < -0.39 is 5.41 Å². The lowest BCUT2D eigenvalue weighted by molar-refractivity contribution is 0.436. The lowest BCUT2D eigenvalue weighted by Crippen LogP contribution is -2.57. The number of fused-ring (bicyclic) bond motifs is 16. The minimum absolute atomic E-state index is 0.0207. The lowest BCUT2D eigenvalue weighted by atomic mass is 9.35. The van der Waals surface area contributed by atoms with Crippen LogP contribution in [0.3, 0.4) is 0 Å². The third kappa shape index (κ3) is 3.45. The monoisotopic (exact) mass is 689 g/mol. The summed E-state index contributed by atoms with van der Waals surface area (Å²) in [7, 11) is 0. The normalized spacial score (nSPS) is 14.5. The van der Waals surface area contributed by atoms with Crippen molar-refractivity contribution >= 4 is 44.9 Å². The molecule has 9 aromatic rings. The number of hydrogen-bond acceptors (Lipinski definition) is 3. The van der Waals surface area contributed by atoms with Crippen LogP contribution in [0.5, 0.6) is 34.5 Å². The average Bonchev–Trinajstić information content (AvgIpc) is 3.70. The molecular formula is C49H28BNO3. The standard InChI is InChI=1S/C49H28BNO3/c1-3-15-34-30(13-1)32-27-33-31-14-2-8-20-40(31)51(41(33)28-37(32)49(34)35-16-4-9-21-42(35)52-43-22-10-5-17-36(43)49)29-25-46-48-47(26-29)54-45-24-12-7-19-39(45)50(48)38-18-6-11-23-44(38)53-46/h1-28H. The molecule has 8 aromatic carbocycles. The van der Waals surface area contributed by atoms with Gasteiger partial charge in [-0.25, -0.2) is 0 Å². The van der Waals surface area contributed by atoms with Crippen LogP contribution in [0.4, 0.5) is 0 Å². The summed E-state index contributed by atoms with van der Waals surface area (Å²) in [5.74, 6) is 5.18. The summed E-state index contributed by atoms with van der Waals surface area (Å²) < 4.78 is 22.6. The molecule has 4 aliphatic rings. The zero-order valence-electron chi connectivity index (χ0n) is 28.9. The fraction of sp³-hybridized carbons (Fsp3) is 0.0204. The fourth-order valence-electron chi connectivity index (χ4n) is 10.1. The van der Waals surface area contributed by atoms with Gasteiger partial charge in [0.15, 0.2) is 0 Å². The summed E-state index contributed by atoms with van der Waals surface area (Å²) in [5.41, 5.74) is 13.4. The fourth-order valence-corrected chi connectivity index (χ4v) is 10.1. The zero-order chi connectivity index (χ0) is 35.1. The van der Waals surface area contributed by atoms with Gasteiger partial charge in [-0.1, -0.05) is 115 Å². The molecular weight excluding hydrogens is 661 g/mol. The number of aromatic nitrogens is 1. The summed E-state index contributed by atoms with van der Waals surface area (Å²) in [5, 5.41) is 2.40. The number of hydrogen-bond donors (Lipinski definition) is 0. The zero-order valence-corrected chi connectivity index (χ0v) is 28.9. The van der Waals surface area contributed by atoms with E-state index in [9.17, 15) is 0 Å². The molecule has 13 rings (SSSR count). The van der Waals surface area contributed by atoms with Crippen molar-refractivity contribution in [3.63, 3.8) is 0 Å². The first-order valence-electron chi connectivity index (χ1n) is 18.5. The third-order valence-electron chi connectivity index (χ3n) is 12.2. The van der Waals surface area contributed by atoms with Gasteiger partial charge < -0.3 is 18.8 Å². The quantitative estimate of drug-likeness (QED) is 0.161. The largest absolute Gasteiger partial charge is 0.458 e. The van der Waals surface area contributed by atoms with E-state index in [2.05, 4.69) is 162 Å². The van der Waals surface area contributed by atoms with E-state index in [1.807, 2.05) is 12.1 Å². The topological polar surface area (TPSA) is 32.6 Å². The van der Waals surface area contributed by atoms with Gasteiger partial charge >= 0.3 is 0 Å². The summed E-state index contributed by atoms with van der Waals surface area (Å²) in [6.07, 6.45) is 0. The van der Waals surface area contributed by atoms with Crippen molar-refractivity contribution < 1.29 is 14.2 Å². The number of ether oxygens (including phenoxy) is 3. The first-order valence-corrected chi connectivity index (χ1v) is 18.5. The Hall–Kier alpha value is -6.98. The predicted octanol–water partition coefficient (Wildman–Crippen LogP) is 9.98. The molecule has 5 heteroatoms. The molecule has 4 nitrogen and oxygen atoms in total. The minimum Gasteiger partial charge on any atom is -0.458 e. The van der Waals surface area contributed by atoms with Gasteiger partial charge in [-0.15, -0.1) is 0 Å². The maximum atomic E-state index is 6.78. The first-order chi connectivity index (χ1) is 26.8. The molecule has 3 aliphatic heterocycles. The maximum Gasteiger partial charge on any atom is 0.260 e. The van der Waals surface area contributed by atoms with Crippen LogP contribution in [0.1, 0.15) is 22.3 Å². The van der Waals surface area contributed by atoms with Crippen LogP contribution in [0.2, 0.25) is 0 Å². The molecule has 4 heterocycles. The highest BCUT2D eigenvalue weighted by atomic mass is 16.5. The Morgan fingerprint density at radius 1 is 0.389 bits per heavy atom. The van der Waals surface area contributed by atoms with E-state index in [0.717, 1.165) is 78.7 Å². The number of rotatable bonds is 1. The molecule has 0 amide bonds. The Labute approximate surface area is 311 Å². The predicted molar refractivity (Wildman–Crippen MR) is 216 cm³/mol. The number of benzene rings is 8. The van der Waals surface area contributed by atoms with Crippen molar-refractivity contribution in [2.75, 3.05) is 0 Å². The average molecular weight is 690 g/mol. The summed E-state index contributed by atoms with van der Waals surface area (Å²) in [6, 6.07) is 60.8. The molecule has 0 saturated heterocycles. The molecule has 0 unspecified atom stereocenters. The smallest absolute Gasteiger partial charge is 0.260 e. The molecule has 1 aliphatic carbocycles. The summed E-state index contributed by atoms with van der Waals surface area (Å²) >= 11 is 0. The van der Waals surface area contributed by atoms with E-state index in [-0.39, 0.29) is 6.71 Å². The second-order valence-corrected chi connectivity index (χ2v) is 14.7. The van der Waals surface area contributed by atoms with Crippen LogP contribution in [-0.2, 0) is 5.41 Å². The SMILES string of the molecule is c1ccc2c(c1)Oc1cc(-n3c4ccccc4c4cc5c(cc43)C3(c4ccccc4Oc4ccccc43)c3ccccc3-5)cc3c1B2c1ccccc1O3. The van der Waals surface area contributed by atoms with Gasteiger partial charge in [0.05, 0.1) is 22.1 Å². The third-order valence-corrected chi connectivity index (χ3v) is 12.2. The van der Waals surface area contributed by atoms with Crippen molar-refractivity contribution in [1.29, 1.82) is 0 Å². The second kappa shape index (κ2) is 10.1. The molecule has 1 spiro atoms. The van der Waals surface area contributed by atoms with Crippen molar-refractivity contribution in [3.05, 3.63) is 192 Å². The van der Waals surface area contributed by atoms with Crippen LogP contribution in [0.25, 0.3) is 38.6 Å². The van der Waals surface area contributed by atoms with Gasteiger partial charge in [-0.2, -0.15) is 0 Å². The van der Waals surface area contributed by atoms with Crippen LogP contribution < -0.4 is 30.6 Å². The first kappa shape index (κ1) is 28.6. The lowest BCUT2D eigenvalue weighted by Gasteiger charge is -2.39. The van der Waals surface area contributed by atoms with E-state index in [4.69, 9.17) is 14.2 Å².